The van der Waals surface area contributed by atoms with Gasteiger partial charge in [-0.3, -0.25) is 0 Å². The molecule has 1 N–H and O–H groups in total. The number of amides is 2. The van der Waals surface area contributed by atoms with Crippen molar-refractivity contribution in [1.29, 1.82) is 0 Å². The van der Waals surface area contributed by atoms with Crippen molar-refractivity contribution in [3.05, 3.63) is 77.9 Å². The molecule has 1 fully saturated rings. The molecule has 2 aliphatic heterocycles. The van der Waals surface area contributed by atoms with Crippen LogP contribution in [0.25, 0.3) is 0 Å². The van der Waals surface area contributed by atoms with E-state index in [1.54, 1.807) is 7.11 Å². The first kappa shape index (κ1) is 23.7. The number of hydrogen-bond donors (Lipinski definition) is 1. The van der Waals surface area contributed by atoms with Crippen molar-refractivity contribution < 1.29 is 14.3 Å². The van der Waals surface area contributed by atoms with Gasteiger partial charge < -0.3 is 24.6 Å². The Morgan fingerprint density at radius 1 is 0.972 bits per heavy atom. The Balaban J connectivity index is 1.35. The zero-order valence-electron chi connectivity index (χ0n) is 21.0. The highest BCUT2D eigenvalue weighted by molar-refractivity contribution is 6.04. The maximum Gasteiger partial charge on any atom is 0.321 e. The number of carbonyl (C=O) groups excluding carboxylic acids is 1. The molecule has 186 valence electrons. The van der Waals surface area contributed by atoms with E-state index in [1.807, 2.05) is 59.5 Å². The maximum absolute atomic E-state index is 13.1. The lowest BCUT2D eigenvalue weighted by Gasteiger charge is -2.25. The third-order valence-electron chi connectivity index (χ3n) is 6.65. The van der Waals surface area contributed by atoms with E-state index in [0.29, 0.717) is 25.6 Å². The van der Waals surface area contributed by atoms with E-state index in [9.17, 15) is 4.79 Å². The van der Waals surface area contributed by atoms with Crippen LogP contribution in [0.2, 0.25) is 0 Å². The Kier molecular flexibility index (Phi) is 6.80. The van der Waals surface area contributed by atoms with E-state index in [1.165, 1.54) is 5.56 Å². The summed E-state index contributed by atoms with van der Waals surface area (Å²) in [5.74, 6) is 3.50. The van der Waals surface area contributed by atoms with Crippen LogP contribution in [-0.2, 0) is 0 Å². The number of benzene rings is 3. The first-order valence-electron chi connectivity index (χ1n) is 12.5. The van der Waals surface area contributed by atoms with Crippen molar-refractivity contribution in [3.63, 3.8) is 0 Å². The monoisotopic (exact) mass is 484 g/mol. The van der Waals surface area contributed by atoms with Gasteiger partial charge >= 0.3 is 6.03 Å². The van der Waals surface area contributed by atoms with E-state index in [-0.39, 0.29) is 6.03 Å². The van der Waals surface area contributed by atoms with Crippen molar-refractivity contribution in [2.45, 2.75) is 26.2 Å². The van der Waals surface area contributed by atoms with Gasteiger partial charge in [0.1, 0.15) is 23.0 Å². The Labute approximate surface area is 212 Å². The lowest BCUT2D eigenvalue weighted by molar-refractivity contribution is 0.214. The number of amidine groups is 1. The molecule has 36 heavy (non-hydrogen) atoms. The Hall–Kier alpha value is -4.00. The maximum atomic E-state index is 13.1. The minimum atomic E-state index is -0.0762. The molecule has 1 saturated heterocycles. The number of hydrogen-bond acceptors (Lipinski definition) is 5. The van der Waals surface area contributed by atoms with Crippen LogP contribution in [0.4, 0.5) is 16.2 Å². The molecule has 0 unspecified atom stereocenters. The number of carbonyl (C=O) groups is 1. The summed E-state index contributed by atoms with van der Waals surface area (Å²) >= 11 is 0. The first-order valence-corrected chi connectivity index (χ1v) is 12.5. The van der Waals surface area contributed by atoms with Crippen LogP contribution in [0.5, 0.6) is 17.2 Å². The second-order valence-corrected chi connectivity index (χ2v) is 9.40. The molecule has 0 saturated carbocycles. The SMILES string of the molecule is COc1ccc2c(c1)C(N1CCCN(C(=O)Nc3ccc(C(C)C)cc3)CC1)=Nc1ccccc1O2. The number of methoxy groups -OCH3 is 1. The molecule has 0 aliphatic carbocycles. The average molecular weight is 485 g/mol. The molecule has 0 aromatic heterocycles. The minimum absolute atomic E-state index is 0.0762. The molecule has 0 spiro atoms. The van der Waals surface area contributed by atoms with E-state index < -0.39 is 0 Å². The fraction of sp³-hybridized carbons (Fsp3) is 0.310. The van der Waals surface area contributed by atoms with Crippen LogP contribution in [0.1, 0.15) is 37.3 Å². The highest BCUT2D eigenvalue weighted by Gasteiger charge is 2.26. The van der Waals surface area contributed by atoms with Crippen molar-refractivity contribution in [2.75, 3.05) is 38.6 Å². The Bertz CT molecular complexity index is 1270. The highest BCUT2D eigenvalue weighted by Crippen LogP contribution is 2.39. The summed E-state index contributed by atoms with van der Waals surface area (Å²) in [6.07, 6.45) is 0.834. The zero-order valence-corrected chi connectivity index (χ0v) is 21.0. The van der Waals surface area contributed by atoms with Crippen molar-refractivity contribution in [1.82, 2.24) is 9.80 Å². The van der Waals surface area contributed by atoms with Crippen LogP contribution >= 0.6 is 0 Å². The molecular weight excluding hydrogens is 452 g/mol. The van der Waals surface area contributed by atoms with Crippen molar-refractivity contribution in [3.8, 4) is 17.2 Å². The van der Waals surface area contributed by atoms with Gasteiger partial charge in [0, 0.05) is 31.9 Å². The normalized spacial score (nSPS) is 15.2. The topological polar surface area (TPSA) is 66.4 Å². The summed E-state index contributed by atoms with van der Waals surface area (Å²) < 4.78 is 11.7. The van der Waals surface area contributed by atoms with Gasteiger partial charge in [0.15, 0.2) is 5.75 Å². The van der Waals surface area contributed by atoms with Gasteiger partial charge in [0.25, 0.3) is 0 Å². The number of aliphatic imine (C=N–C) groups is 1. The predicted molar refractivity (Wildman–Crippen MR) is 143 cm³/mol. The smallest absolute Gasteiger partial charge is 0.321 e. The Morgan fingerprint density at radius 3 is 2.56 bits per heavy atom. The van der Waals surface area contributed by atoms with Gasteiger partial charge in [0.05, 0.1) is 12.7 Å². The van der Waals surface area contributed by atoms with E-state index in [2.05, 4.69) is 36.2 Å². The average Bonchev–Trinajstić information content (AvgIpc) is 3.23. The number of ether oxygens (including phenoxy) is 2. The van der Waals surface area contributed by atoms with Gasteiger partial charge in [-0.1, -0.05) is 38.1 Å². The second-order valence-electron chi connectivity index (χ2n) is 9.40. The molecule has 7 nitrogen and oxygen atoms in total. The molecule has 2 amide bonds. The number of para-hydroxylation sites is 2. The van der Waals surface area contributed by atoms with E-state index in [0.717, 1.165) is 53.0 Å². The quantitative estimate of drug-likeness (QED) is 0.478. The van der Waals surface area contributed by atoms with Gasteiger partial charge in [0.2, 0.25) is 0 Å². The predicted octanol–water partition coefficient (Wildman–Crippen LogP) is 6.24. The molecule has 3 aromatic carbocycles. The largest absolute Gasteiger partial charge is 0.497 e. The summed E-state index contributed by atoms with van der Waals surface area (Å²) in [5, 5.41) is 3.06. The number of urea groups is 1. The summed E-state index contributed by atoms with van der Waals surface area (Å²) in [6.45, 7) is 7.04. The van der Waals surface area contributed by atoms with Gasteiger partial charge in [-0.2, -0.15) is 0 Å². The van der Waals surface area contributed by atoms with Crippen LogP contribution in [-0.4, -0.2) is 55.0 Å². The third kappa shape index (κ3) is 5.00. The fourth-order valence-corrected chi connectivity index (χ4v) is 4.56. The number of anilines is 1. The molecule has 2 aliphatic rings. The standard InChI is InChI=1S/C29H32N4O3/c1-20(2)21-9-11-22(12-10-21)30-29(34)33-16-6-15-32(17-18-33)28-24-19-23(35-3)13-14-26(24)36-27-8-5-4-7-25(27)31-28/h4-5,7-14,19-20H,6,15-18H2,1-3H3,(H,30,34). The van der Waals surface area contributed by atoms with Gasteiger partial charge in [-0.25, -0.2) is 9.79 Å². The number of nitrogens with one attached hydrogen (secondary N) is 1. The lowest BCUT2D eigenvalue weighted by atomic mass is 10.0. The zero-order chi connectivity index (χ0) is 25.1. The van der Waals surface area contributed by atoms with Crippen LogP contribution in [0, 0.1) is 0 Å². The fourth-order valence-electron chi connectivity index (χ4n) is 4.56. The summed E-state index contributed by atoms with van der Waals surface area (Å²) in [7, 11) is 1.66. The lowest BCUT2D eigenvalue weighted by Crippen LogP contribution is -2.39. The third-order valence-corrected chi connectivity index (χ3v) is 6.65. The highest BCUT2D eigenvalue weighted by atomic mass is 16.5. The number of rotatable bonds is 3. The van der Waals surface area contributed by atoms with Gasteiger partial charge in [-0.15, -0.1) is 0 Å². The van der Waals surface area contributed by atoms with E-state index in [4.69, 9.17) is 14.5 Å². The summed E-state index contributed by atoms with van der Waals surface area (Å²) in [4.78, 5) is 22.2. The summed E-state index contributed by atoms with van der Waals surface area (Å²) in [5.41, 5.74) is 3.73. The molecule has 5 rings (SSSR count). The molecule has 2 heterocycles. The van der Waals surface area contributed by atoms with Crippen molar-refractivity contribution >= 4 is 23.2 Å². The van der Waals surface area contributed by atoms with E-state index >= 15 is 0 Å². The molecular formula is C29H32N4O3. The molecule has 0 bridgehead atoms. The van der Waals surface area contributed by atoms with Crippen LogP contribution < -0.4 is 14.8 Å². The molecule has 0 atom stereocenters. The van der Waals surface area contributed by atoms with Crippen molar-refractivity contribution in [2.24, 2.45) is 4.99 Å². The molecule has 7 heteroatoms. The van der Waals surface area contributed by atoms with Crippen LogP contribution in [0.3, 0.4) is 0 Å². The molecule has 3 aromatic rings. The summed E-state index contributed by atoms with van der Waals surface area (Å²) in [6, 6.07) is 21.6. The number of nitrogens with zero attached hydrogens (tertiary/aromatic N) is 3. The van der Waals surface area contributed by atoms with Crippen LogP contribution in [0.15, 0.2) is 71.7 Å². The molecule has 0 radical (unpaired) electrons. The Morgan fingerprint density at radius 2 is 1.78 bits per heavy atom. The van der Waals surface area contributed by atoms with Gasteiger partial charge in [-0.05, 0) is 60.4 Å². The first-order chi connectivity index (χ1) is 17.5. The number of fused-ring (bicyclic) bond motifs is 2. The minimum Gasteiger partial charge on any atom is -0.497 e. The second kappa shape index (κ2) is 10.3.